The van der Waals surface area contributed by atoms with Crippen LogP contribution in [0.25, 0.3) is 0 Å². The maximum Gasteiger partial charge on any atom is 0.407 e. The Morgan fingerprint density at radius 3 is 2.62 bits per heavy atom. The number of rotatable bonds is 1. The summed E-state index contributed by atoms with van der Waals surface area (Å²) in [6.07, 6.45) is 4.32. The molecule has 1 saturated carbocycles. The van der Waals surface area contributed by atoms with Gasteiger partial charge in [0, 0.05) is 11.6 Å². The molecule has 0 unspecified atom stereocenters. The number of amides is 1. The van der Waals surface area contributed by atoms with Crippen LogP contribution in [0.2, 0.25) is 0 Å². The van der Waals surface area contributed by atoms with E-state index in [1.165, 1.54) is 12.8 Å². The highest BCUT2D eigenvalue weighted by Gasteiger charge is 2.46. The highest BCUT2D eigenvalue weighted by Crippen LogP contribution is 2.39. The first kappa shape index (κ1) is 11.7. The Kier molecular flexibility index (Phi) is 2.86. The molecule has 1 heterocycles. The normalized spacial score (nSPS) is 33.6. The Morgan fingerprint density at radius 2 is 2.12 bits per heavy atom. The minimum absolute atomic E-state index is 0.287. The van der Waals surface area contributed by atoms with Crippen molar-refractivity contribution in [2.75, 3.05) is 6.54 Å². The zero-order valence-electron chi connectivity index (χ0n) is 10.4. The Balaban J connectivity index is 1.71. The van der Waals surface area contributed by atoms with Gasteiger partial charge in [-0.3, -0.25) is 0 Å². The van der Waals surface area contributed by atoms with Crippen molar-refractivity contribution in [2.24, 2.45) is 0 Å². The van der Waals surface area contributed by atoms with Crippen molar-refractivity contribution >= 4 is 6.09 Å². The third kappa shape index (κ3) is 2.67. The van der Waals surface area contributed by atoms with E-state index in [9.17, 15) is 4.79 Å². The van der Waals surface area contributed by atoms with Crippen molar-refractivity contribution in [1.29, 1.82) is 0 Å². The second-order valence-electron chi connectivity index (χ2n) is 6.06. The predicted octanol–water partition coefficient (Wildman–Crippen LogP) is 1.80. The van der Waals surface area contributed by atoms with E-state index >= 15 is 0 Å². The molecular formula is C12H22N2O2. The van der Waals surface area contributed by atoms with Gasteiger partial charge in [-0.25, -0.2) is 4.79 Å². The molecule has 1 aliphatic heterocycles. The lowest BCUT2D eigenvalue weighted by atomic mass is 9.72. The number of carbonyl (C=O) groups excluding carboxylic acids is 1. The first-order chi connectivity index (χ1) is 7.39. The van der Waals surface area contributed by atoms with E-state index in [-0.39, 0.29) is 6.09 Å². The predicted molar refractivity (Wildman–Crippen MR) is 62.4 cm³/mol. The number of carbonyl (C=O) groups is 1. The zero-order chi connectivity index (χ0) is 11.8. The number of nitrogens with one attached hydrogen (secondary N) is 2. The smallest absolute Gasteiger partial charge is 0.407 e. The maximum absolute atomic E-state index is 11.5. The van der Waals surface area contributed by atoms with E-state index in [0.717, 1.165) is 19.4 Å². The molecule has 0 aromatic rings. The number of hydrogen-bond donors (Lipinski definition) is 2. The fraction of sp³-hybridized carbons (Fsp3) is 0.917. The van der Waals surface area contributed by atoms with Crippen molar-refractivity contribution in [3.8, 4) is 0 Å². The van der Waals surface area contributed by atoms with Gasteiger partial charge in [0.05, 0.1) is 0 Å². The van der Waals surface area contributed by atoms with Gasteiger partial charge < -0.3 is 15.4 Å². The highest BCUT2D eigenvalue weighted by atomic mass is 16.6. The quantitative estimate of drug-likeness (QED) is 0.716. The van der Waals surface area contributed by atoms with E-state index < -0.39 is 5.60 Å². The van der Waals surface area contributed by atoms with Crippen molar-refractivity contribution in [2.45, 2.75) is 63.6 Å². The maximum atomic E-state index is 11.5. The van der Waals surface area contributed by atoms with Crippen LogP contribution in [0.1, 0.15) is 46.5 Å². The van der Waals surface area contributed by atoms with Crippen LogP contribution in [0.5, 0.6) is 0 Å². The summed E-state index contributed by atoms with van der Waals surface area (Å²) < 4.78 is 5.22. The van der Waals surface area contributed by atoms with E-state index in [0.29, 0.717) is 11.6 Å². The average molecular weight is 226 g/mol. The molecule has 1 aliphatic carbocycles. The molecule has 0 aromatic carbocycles. The lowest BCUT2D eigenvalue weighted by molar-refractivity contribution is 0.0422. The molecule has 1 spiro atoms. The van der Waals surface area contributed by atoms with Crippen LogP contribution in [-0.2, 0) is 4.74 Å². The van der Waals surface area contributed by atoms with Crippen molar-refractivity contribution in [1.82, 2.24) is 10.6 Å². The van der Waals surface area contributed by atoms with Crippen LogP contribution in [0.4, 0.5) is 4.79 Å². The van der Waals surface area contributed by atoms with Crippen LogP contribution in [0.15, 0.2) is 0 Å². The van der Waals surface area contributed by atoms with Gasteiger partial charge in [0.2, 0.25) is 0 Å². The number of hydrogen-bond acceptors (Lipinski definition) is 3. The molecular weight excluding hydrogens is 204 g/mol. The van der Waals surface area contributed by atoms with Gasteiger partial charge in [-0.1, -0.05) is 0 Å². The van der Waals surface area contributed by atoms with Gasteiger partial charge in [0.25, 0.3) is 0 Å². The topological polar surface area (TPSA) is 50.4 Å². The molecule has 4 heteroatoms. The molecule has 1 amide bonds. The highest BCUT2D eigenvalue weighted by molar-refractivity contribution is 5.68. The second kappa shape index (κ2) is 3.91. The van der Waals surface area contributed by atoms with E-state index in [2.05, 4.69) is 10.6 Å². The fourth-order valence-corrected chi connectivity index (χ4v) is 2.68. The molecule has 16 heavy (non-hydrogen) atoms. The summed E-state index contributed by atoms with van der Waals surface area (Å²) in [6.45, 7) is 6.77. The fourth-order valence-electron chi connectivity index (χ4n) is 2.68. The summed E-state index contributed by atoms with van der Waals surface area (Å²) in [6, 6.07) is 0.292. The Hall–Kier alpha value is -0.770. The Bertz CT molecular complexity index is 269. The lowest BCUT2D eigenvalue weighted by Crippen LogP contribution is -2.60. The Labute approximate surface area is 97.1 Å². The van der Waals surface area contributed by atoms with E-state index in [1.807, 2.05) is 20.8 Å². The largest absolute Gasteiger partial charge is 0.444 e. The van der Waals surface area contributed by atoms with E-state index in [1.54, 1.807) is 0 Å². The summed E-state index contributed by atoms with van der Waals surface area (Å²) in [5.41, 5.74) is -0.0726. The molecule has 0 atom stereocenters. The molecule has 0 bridgehead atoms. The summed E-state index contributed by atoms with van der Waals surface area (Å²) >= 11 is 0. The van der Waals surface area contributed by atoms with Crippen LogP contribution >= 0.6 is 0 Å². The van der Waals surface area contributed by atoms with Crippen molar-refractivity contribution in [3.63, 3.8) is 0 Å². The summed E-state index contributed by atoms with van der Waals surface area (Å²) in [7, 11) is 0. The first-order valence-electron chi connectivity index (χ1n) is 6.13. The van der Waals surface area contributed by atoms with Crippen LogP contribution in [0.3, 0.4) is 0 Å². The second-order valence-corrected chi connectivity index (χ2v) is 6.06. The van der Waals surface area contributed by atoms with Gasteiger partial charge in [-0.2, -0.15) is 0 Å². The molecule has 1 saturated heterocycles. The van der Waals surface area contributed by atoms with Gasteiger partial charge in [0.1, 0.15) is 5.60 Å². The minimum Gasteiger partial charge on any atom is -0.444 e. The molecule has 4 nitrogen and oxygen atoms in total. The summed E-state index contributed by atoms with van der Waals surface area (Å²) in [4.78, 5) is 11.5. The number of alkyl carbamates (subject to hydrolysis) is 1. The monoisotopic (exact) mass is 226 g/mol. The zero-order valence-corrected chi connectivity index (χ0v) is 10.4. The van der Waals surface area contributed by atoms with Gasteiger partial charge in [-0.15, -0.1) is 0 Å². The summed E-state index contributed by atoms with van der Waals surface area (Å²) in [5, 5.41) is 6.45. The molecule has 2 rings (SSSR count). The first-order valence-corrected chi connectivity index (χ1v) is 6.13. The van der Waals surface area contributed by atoms with Gasteiger partial charge in [-0.05, 0) is 53.0 Å². The average Bonchev–Trinajstić information content (AvgIpc) is 2.47. The molecule has 2 fully saturated rings. The lowest BCUT2D eigenvalue weighted by Gasteiger charge is -2.45. The third-order valence-electron chi connectivity index (χ3n) is 3.33. The van der Waals surface area contributed by atoms with Gasteiger partial charge >= 0.3 is 6.09 Å². The molecule has 2 aliphatic rings. The minimum atomic E-state index is -0.406. The van der Waals surface area contributed by atoms with Gasteiger partial charge in [0.15, 0.2) is 0 Å². The van der Waals surface area contributed by atoms with Crippen LogP contribution in [-0.4, -0.2) is 29.8 Å². The van der Waals surface area contributed by atoms with Crippen molar-refractivity contribution < 1.29 is 9.53 Å². The standard InChI is InChI=1S/C12H22N2O2/c1-11(2,3)16-10(15)14-9-7-12(8-9)5-4-6-13-12/h9,13H,4-8H2,1-3H3,(H,14,15). The third-order valence-corrected chi connectivity index (χ3v) is 3.33. The van der Waals surface area contributed by atoms with Crippen LogP contribution in [0, 0.1) is 0 Å². The Morgan fingerprint density at radius 1 is 1.44 bits per heavy atom. The molecule has 0 aromatic heterocycles. The van der Waals surface area contributed by atoms with E-state index in [4.69, 9.17) is 4.74 Å². The van der Waals surface area contributed by atoms with Crippen molar-refractivity contribution in [3.05, 3.63) is 0 Å². The number of ether oxygens (including phenoxy) is 1. The van der Waals surface area contributed by atoms with Crippen LogP contribution < -0.4 is 10.6 Å². The molecule has 2 N–H and O–H groups in total. The SMILES string of the molecule is CC(C)(C)OC(=O)NC1CC2(CCCN2)C1. The molecule has 0 radical (unpaired) electrons. The molecule has 92 valence electrons. The summed E-state index contributed by atoms with van der Waals surface area (Å²) in [5.74, 6) is 0.